The Hall–Kier alpha value is -4.12. The van der Waals surface area contributed by atoms with Crippen LogP contribution in [0, 0.1) is 0 Å². The molecule has 2 N–H and O–H groups in total. The van der Waals surface area contributed by atoms with E-state index in [2.05, 4.69) is 35.8 Å². The lowest BCUT2D eigenvalue weighted by atomic mass is 10.1. The number of nitrogens with one attached hydrogen (secondary N) is 2. The van der Waals surface area contributed by atoms with Gasteiger partial charge in [0.05, 0.1) is 20.9 Å². The van der Waals surface area contributed by atoms with E-state index in [0.29, 0.717) is 0 Å². The number of benzene rings is 1. The lowest BCUT2D eigenvalue weighted by Crippen LogP contribution is -2.53. The minimum absolute atomic E-state index is 0.528. The summed E-state index contributed by atoms with van der Waals surface area (Å²) in [6.07, 6.45) is 3.37. The van der Waals surface area contributed by atoms with Crippen LogP contribution in [-0.2, 0) is 58.2 Å². The van der Waals surface area contributed by atoms with Gasteiger partial charge in [-0.05, 0) is 32.0 Å². The van der Waals surface area contributed by atoms with E-state index in [1.807, 2.05) is 0 Å². The molecule has 0 radical (unpaired) electrons. The van der Waals surface area contributed by atoms with Crippen molar-refractivity contribution in [1.29, 1.82) is 0 Å². The first-order valence-corrected chi connectivity index (χ1v) is 14.8. The van der Waals surface area contributed by atoms with E-state index >= 15 is 0 Å². The molecule has 0 aliphatic heterocycles. The van der Waals surface area contributed by atoms with Crippen LogP contribution in [-0.4, -0.2) is 78.2 Å². The predicted molar refractivity (Wildman–Crippen MR) is 149 cm³/mol. The molecule has 0 aromatic heterocycles. The number of ether oxygens (including phenoxy) is 4. The Morgan fingerprint density at radius 1 is 0.643 bits per heavy atom. The molecule has 0 aliphatic carbocycles. The van der Waals surface area contributed by atoms with Crippen LogP contribution in [0.25, 0.3) is 0 Å². The van der Waals surface area contributed by atoms with Gasteiger partial charge in [0.15, 0.2) is 0 Å². The van der Waals surface area contributed by atoms with Crippen molar-refractivity contribution in [1.82, 2.24) is 9.44 Å². The molecule has 1 aromatic carbocycles. The van der Waals surface area contributed by atoms with Gasteiger partial charge in [-0.1, -0.05) is 32.4 Å². The first-order chi connectivity index (χ1) is 19.4. The zero-order chi connectivity index (χ0) is 32.2. The molecule has 14 nitrogen and oxygen atoms in total. The third kappa shape index (κ3) is 11.4. The molecular weight excluding hydrogens is 596 g/mol. The SMILES string of the molecule is C=CC(=O)OCC(C)(COC(=O)C=C)NS(=O)(=O)c1cccc(S(=O)(=O)NC(C)(COC(=O)C=C)COC(=O)C=C)c1. The van der Waals surface area contributed by atoms with Crippen molar-refractivity contribution in [2.45, 2.75) is 34.7 Å². The smallest absolute Gasteiger partial charge is 0.330 e. The van der Waals surface area contributed by atoms with Crippen LogP contribution in [0.5, 0.6) is 0 Å². The van der Waals surface area contributed by atoms with Gasteiger partial charge in [-0.2, -0.15) is 9.44 Å². The van der Waals surface area contributed by atoms with E-state index in [1.54, 1.807) is 0 Å². The van der Waals surface area contributed by atoms with Gasteiger partial charge >= 0.3 is 23.9 Å². The summed E-state index contributed by atoms with van der Waals surface area (Å²) in [5.41, 5.74) is -3.40. The molecule has 0 fully saturated rings. The molecule has 0 atom stereocenters. The largest absolute Gasteiger partial charge is 0.460 e. The third-order valence-corrected chi connectivity index (χ3v) is 8.26. The highest BCUT2D eigenvalue weighted by atomic mass is 32.2. The summed E-state index contributed by atoms with van der Waals surface area (Å²) in [5.74, 6) is -3.52. The molecule has 0 aliphatic rings. The molecule has 1 rings (SSSR count). The van der Waals surface area contributed by atoms with E-state index in [0.717, 1.165) is 48.6 Å². The topological polar surface area (TPSA) is 198 Å². The number of sulfonamides is 2. The maximum atomic E-state index is 13.3. The van der Waals surface area contributed by atoms with Crippen molar-refractivity contribution in [3.05, 3.63) is 74.9 Å². The molecule has 0 amide bonds. The highest BCUT2D eigenvalue weighted by molar-refractivity contribution is 7.90. The lowest BCUT2D eigenvalue weighted by molar-refractivity contribution is -0.145. The molecule has 0 bridgehead atoms. The number of hydrogen-bond donors (Lipinski definition) is 2. The van der Waals surface area contributed by atoms with Crippen molar-refractivity contribution in [3.8, 4) is 0 Å². The highest BCUT2D eigenvalue weighted by Crippen LogP contribution is 2.21. The van der Waals surface area contributed by atoms with Gasteiger partial charge in [-0.25, -0.2) is 36.0 Å². The average Bonchev–Trinajstić information content (AvgIpc) is 2.95. The zero-order valence-corrected chi connectivity index (χ0v) is 24.6. The summed E-state index contributed by atoms with van der Waals surface area (Å²) in [6, 6.07) is 4.14. The van der Waals surface area contributed by atoms with Crippen molar-refractivity contribution in [2.75, 3.05) is 26.4 Å². The van der Waals surface area contributed by atoms with Gasteiger partial charge < -0.3 is 18.9 Å². The Labute approximate surface area is 244 Å². The minimum atomic E-state index is -4.54. The summed E-state index contributed by atoms with van der Waals surface area (Å²) in [6.45, 7) is 13.2. The Bertz CT molecular complexity index is 1300. The fraction of sp³-hybridized carbons (Fsp3) is 0.308. The third-order valence-electron chi connectivity index (χ3n) is 4.99. The van der Waals surface area contributed by atoms with Crippen LogP contribution in [0.2, 0.25) is 0 Å². The van der Waals surface area contributed by atoms with E-state index in [1.165, 1.54) is 13.8 Å². The van der Waals surface area contributed by atoms with E-state index in [9.17, 15) is 36.0 Å². The van der Waals surface area contributed by atoms with Gasteiger partial charge in [-0.15, -0.1) is 0 Å². The first-order valence-electron chi connectivity index (χ1n) is 11.8. The summed E-state index contributed by atoms with van der Waals surface area (Å²) in [7, 11) is -9.08. The van der Waals surface area contributed by atoms with Crippen LogP contribution in [0.3, 0.4) is 0 Å². The van der Waals surface area contributed by atoms with Crippen LogP contribution < -0.4 is 9.44 Å². The average molecular weight is 629 g/mol. The predicted octanol–water partition coefficient (Wildman–Crippen LogP) is 0.677. The fourth-order valence-corrected chi connectivity index (χ4v) is 5.86. The number of carbonyl (C=O) groups is 4. The number of carbonyl (C=O) groups excluding carboxylic acids is 4. The first kappa shape index (κ1) is 35.9. The van der Waals surface area contributed by atoms with Gasteiger partial charge in [0.25, 0.3) is 0 Å². The molecule has 0 heterocycles. The maximum Gasteiger partial charge on any atom is 0.330 e. The number of hydrogen-bond acceptors (Lipinski definition) is 12. The van der Waals surface area contributed by atoms with Crippen molar-refractivity contribution >= 4 is 43.9 Å². The van der Waals surface area contributed by atoms with Crippen molar-refractivity contribution < 1.29 is 55.0 Å². The standard InChI is InChI=1S/C26H32N2O12S2/c1-7-21(29)37-15-25(5,16-38-22(30)8-2)27-41(33,34)19-12-11-13-20(14-19)42(35,36)28-26(6,17-39-23(31)9-3)18-40-24(32)10-4/h7-14,27-28H,1-4,15-18H2,5-6H3. The minimum Gasteiger partial charge on any atom is -0.460 e. The molecule has 230 valence electrons. The van der Waals surface area contributed by atoms with E-state index in [-0.39, 0.29) is 0 Å². The van der Waals surface area contributed by atoms with Gasteiger partial charge in [0, 0.05) is 24.3 Å². The van der Waals surface area contributed by atoms with Crippen molar-refractivity contribution in [2.24, 2.45) is 0 Å². The van der Waals surface area contributed by atoms with Crippen LogP contribution >= 0.6 is 0 Å². The monoisotopic (exact) mass is 628 g/mol. The Morgan fingerprint density at radius 3 is 1.14 bits per heavy atom. The fourth-order valence-electron chi connectivity index (χ4n) is 2.93. The van der Waals surface area contributed by atoms with Gasteiger partial charge in [0.1, 0.15) is 26.4 Å². The van der Waals surface area contributed by atoms with Crippen LogP contribution in [0.15, 0.2) is 84.7 Å². The van der Waals surface area contributed by atoms with Gasteiger partial charge in [0.2, 0.25) is 20.0 Å². The van der Waals surface area contributed by atoms with E-state index in [4.69, 9.17) is 18.9 Å². The Morgan fingerprint density at radius 2 is 0.905 bits per heavy atom. The zero-order valence-electron chi connectivity index (χ0n) is 23.0. The summed E-state index contributed by atoms with van der Waals surface area (Å²) in [4.78, 5) is 45.3. The molecule has 42 heavy (non-hydrogen) atoms. The van der Waals surface area contributed by atoms with E-state index < -0.39 is 91.2 Å². The maximum absolute atomic E-state index is 13.3. The van der Waals surface area contributed by atoms with Crippen LogP contribution in [0.1, 0.15) is 13.8 Å². The summed E-state index contributed by atoms with van der Waals surface area (Å²) < 4.78 is 77.4. The molecule has 0 spiro atoms. The Kier molecular flexibility index (Phi) is 13.0. The second-order valence-corrected chi connectivity index (χ2v) is 12.4. The number of esters is 4. The highest BCUT2D eigenvalue weighted by Gasteiger charge is 2.36. The van der Waals surface area contributed by atoms with Crippen LogP contribution in [0.4, 0.5) is 0 Å². The summed E-state index contributed by atoms with van der Waals surface area (Å²) in [5, 5.41) is 0. The van der Waals surface area contributed by atoms with Gasteiger partial charge in [-0.3, -0.25) is 0 Å². The van der Waals surface area contributed by atoms with Crippen molar-refractivity contribution in [3.63, 3.8) is 0 Å². The molecular formula is C26H32N2O12S2. The molecule has 1 aromatic rings. The Balaban J connectivity index is 3.37. The second-order valence-electron chi connectivity index (χ2n) is 9.05. The molecule has 0 saturated carbocycles. The molecule has 0 unspecified atom stereocenters. The lowest BCUT2D eigenvalue weighted by Gasteiger charge is -2.30. The second kappa shape index (κ2) is 15.2. The molecule has 16 heteroatoms. The number of rotatable bonds is 18. The normalized spacial score (nSPS) is 11.9. The quantitative estimate of drug-likeness (QED) is 0.131. The molecule has 0 saturated heterocycles. The summed E-state index contributed by atoms with van der Waals surface area (Å²) >= 11 is 0.